The highest BCUT2D eigenvalue weighted by Crippen LogP contribution is 2.46. The summed E-state index contributed by atoms with van der Waals surface area (Å²) in [7, 11) is 0. The number of halogens is 3. The molecule has 39 heavy (non-hydrogen) atoms. The molecule has 3 heterocycles. The third-order valence-corrected chi connectivity index (χ3v) is 7.76. The number of nitrogens with zero attached hydrogens (tertiary/aromatic N) is 4. The summed E-state index contributed by atoms with van der Waals surface area (Å²) in [5.41, 5.74) is 3.23. The zero-order valence-corrected chi connectivity index (χ0v) is 21.0. The zero-order valence-electron chi connectivity index (χ0n) is 21.0. The number of hydrogen-bond acceptors (Lipinski definition) is 4. The summed E-state index contributed by atoms with van der Waals surface area (Å²) in [6, 6.07) is 13.0. The van der Waals surface area contributed by atoms with Crippen LogP contribution in [0.2, 0.25) is 0 Å². The number of hydrogen-bond donors (Lipinski definition) is 1. The van der Waals surface area contributed by atoms with Gasteiger partial charge in [-0.3, -0.25) is 9.36 Å². The van der Waals surface area contributed by atoms with Gasteiger partial charge in [0.25, 0.3) is 5.56 Å². The van der Waals surface area contributed by atoms with Gasteiger partial charge in [-0.15, -0.1) is 0 Å². The first-order valence-electron chi connectivity index (χ1n) is 13.1. The van der Waals surface area contributed by atoms with Gasteiger partial charge in [0.05, 0.1) is 46.0 Å². The predicted molar refractivity (Wildman–Crippen MR) is 143 cm³/mol. The van der Waals surface area contributed by atoms with Crippen LogP contribution in [0.3, 0.4) is 0 Å². The molecule has 7 rings (SSSR count). The van der Waals surface area contributed by atoms with Crippen molar-refractivity contribution in [2.45, 2.75) is 38.4 Å². The lowest BCUT2D eigenvalue weighted by atomic mass is 9.91. The van der Waals surface area contributed by atoms with Crippen molar-refractivity contribution in [1.82, 2.24) is 19.5 Å². The minimum absolute atomic E-state index is 0.132. The second kappa shape index (κ2) is 8.97. The molecule has 0 unspecified atom stereocenters. The van der Waals surface area contributed by atoms with E-state index in [1.807, 2.05) is 35.2 Å². The molecule has 0 bridgehead atoms. The normalized spacial score (nSPS) is 19.3. The predicted octanol–water partition coefficient (Wildman–Crippen LogP) is 5.91. The Morgan fingerprint density at radius 2 is 1.90 bits per heavy atom. The van der Waals surface area contributed by atoms with Crippen molar-refractivity contribution in [2.75, 3.05) is 11.4 Å². The number of imidazole rings is 1. The summed E-state index contributed by atoms with van der Waals surface area (Å²) in [5.74, 6) is 2.52. The second-order valence-corrected chi connectivity index (χ2v) is 10.3. The average Bonchev–Trinajstić information content (AvgIpc) is 3.63. The van der Waals surface area contributed by atoms with E-state index < -0.39 is 11.7 Å². The summed E-state index contributed by atoms with van der Waals surface area (Å²) in [6.45, 7) is 0.808. The number of rotatable bonds is 4. The largest absolute Gasteiger partial charge is 0.416 e. The van der Waals surface area contributed by atoms with Gasteiger partial charge in [-0.2, -0.15) is 13.2 Å². The Morgan fingerprint density at radius 1 is 1.05 bits per heavy atom. The van der Waals surface area contributed by atoms with Crippen molar-refractivity contribution in [1.29, 1.82) is 0 Å². The molecule has 197 valence electrons. The topological polar surface area (TPSA) is 66.8 Å². The number of nitrogens with one attached hydrogen (secondary N) is 1. The minimum Gasteiger partial charge on any atom is -0.337 e. The maximum Gasteiger partial charge on any atom is 0.416 e. The molecule has 6 nitrogen and oxygen atoms in total. The molecule has 4 aromatic rings. The number of aromatic nitrogens is 4. The van der Waals surface area contributed by atoms with Crippen LogP contribution in [0.25, 0.3) is 16.7 Å². The van der Waals surface area contributed by atoms with E-state index in [1.165, 1.54) is 11.6 Å². The van der Waals surface area contributed by atoms with Gasteiger partial charge in [0.1, 0.15) is 5.82 Å². The molecule has 0 saturated heterocycles. The number of para-hydroxylation sites is 1. The molecular formula is C30H25F3N5O. The summed E-state index contributed by atoms with van der Waals surface area (Å²) in [5, 5.41) is 0. The van der Waals surface area contributed by atoms with Gasteiger partial charge >= 0.3 is 6.18 Å². The maximum absolute atomic E-state index is 14.0. The Morgan fingerprint density at radius 3 is 2.67 bits per heavy atom. The van der Waals surface area contributed by atoms with Crippen LogP contribution in [0.5, 0.6) is 0 Å². The highest BCUT2D eigenvalue weighted by atomic mass is 19.4. The van der Waals surface area contributed by atoms with Gasteiger partial charge in [-0.1, -0.05) is 36.4 Å². The molecule has 2 aromatic heterocycles. The van der Waals surface area contributed by atoms with Crippen molar-refractivity contribution in [3.8, 4) is 5.69 Å². The van der Waals surface area contributed by atoms with E-state index in [0.717, 1.165) is 48.7 Å². The lowest BCUT2D eigenvalue weighted by Crippen LogP contribution is -2.39. The van der Waals surface area contributed by atoms with E-state index in [0.29, 0.717) is 47.3 Å². The van der Waals surface area contributed by atoms with Crippen LogP contribution in [0, 0.1) is 11.8 Å². The first kappa shape index (κ1) is 23.9. The Hall–Kier alpha value is -4.14. The molecule has 2 aliphatic carbocycles. The number of fused-ring (bicyclic) bond motifs is 2. The molecule has 1 N–H and O–H groups in total. The van der Waals surface area contributed by atoms with Crippen molar-refractivity contribution in [3.63, 3.8) is 0 Å². The zero-order chi connectivity index (χ0) is 26.7. The van der Waals surface area contributed by atoms with Crippen LogP contribution in [-0.4, -0.2) is 26.1 Å². The molecule has 3 aliphatic rings. The summed E-state index contributed by atoms with van der Waals surface area (Å²) in [4.78, 5) is 28.5. The molecule has 9 heteroatoms. The third-order valence-electron chi connectivity index (χ3n) is 7.76. The molecular weight excluding hydrogens is 503 g/mol. The van der Waals surface area contributed by atoms with E-state index in [1.54, 1.807) is 4.57 Å². The number of aromatic amines is 1. The van der Waals surface area contributed by atoms with E-state index in [2.05, 4.69) is 28.2 Å². The van der Waals surface area contributed by atoms with Crippen LogP contribution in [0.4, 0.5) is 19.1 Å². The Balaban J connectivity index is 1.25. The molecule has 0 spiro atoms. The number of anilines is 1. The van der Waals surface area contributed by atoms with E-state index >= 15 is 0 Å². The third kappa shape index (κ3) is 4.26. The standard InChI is InChI=1S/C30H25F3N5O/c31-30(32,33)19-11-12-25-26(15-19)36-29(35-25)37-14-13-24-23(17-37)28(39)38(20-9-5-2-6-10-20)27(34-24)22-16-21(22)18-7-3-1-4-8-18/h2-3,5-7,9-12,15-16,18H,1,4,8,13-14,17H2,(H,35,36)/t18-/m0/s1. The van der Waals surface area contributed by atoms with Crippen LogP contribution >= 0.6 is 0 Å². The van der Waals surface area contributed by atoms with Gasteiger partial charge in [0.2, 0.25) is 5.95 Å². The first-order valence-corrected chi connectivity index (χ1v) is 13.1. The van der Waals surface area contributed by atoms with Gasteiger partial charge in [0, 0.05) is 13.0 Å². The molecule has 0 fully saturated rings. The Labute approximate surface area is 222 Å². The molecule has 0 amide bonds. The summed E-state index contributed by atoms with van der Waals surface area (Å²) >= 11 is 0. The minimum atomic E-state index is -4.43. The molecule has 1 atom stereocenters. The van der Waals surface area contributed by atoms with Crippen LogP contribution < -0.4 is 10.5 Å². The summed E-state index contributed by atoms with van der Waals surface area (Å²) < 4.78 is 41.3. The molecule has 1 radical (unpaired) electrons. The van der Waals surface area contributed by atoms with Gasteiger partial charge in [0.15, 0.2) is 0 Å². The number of H-pyrrole nitrogens is 1. The number of alkyl halides is 3. The fourth-order valence-electron chi connectivity index (χ4n) is 5.67. The fraction of sp³-hybridized carbons (Fsp3) is 0.267. The molecule has 0 saturated carbocycles. The highest BCUT2D eigenvalue weighted by Gasteiger charge is 2.38. The van der Waals surface area contributed by atoms with Crippen LogP contribution in [0.15, 0.2) is 77.1 Å². The second-order valence-electron chi connectivity index (χ2n) is 10.3. The molecule has 2 aromatic carbocycles. The number of allylic oxidation sites excluding steroid dienone is 4. The summed E-state index contributed by atoms with van der Waals surface area (Å²) in [6.07, 6.45) is 6.10. The van der Waals surface area contributed by atoms with Gasteiger partial charge in [-0.25, -0.2) is 9.97 Å². The highest BCUT2D eigenvalue weighted by molar-refractivity contribution is 5.78. The lowest BCUT2D eigenvalue weighted by molar-refractivity contribution is -0.137. The van der Waals surface area contributed by atoms with Gasteiger partial charge in [-0.05, 0) is 61.1 Å². The molecule has 1 aliphatic heterocycles. The lowest BCUT2D eigenvalue weighted by Gasteiger charge is -2.29. The van der Waals surface area contributed by atoms with Crippen molar-refractivity contribution in [3.05, 3.63) is 111 Å². The Bertz CT molecular complexity index is 1700. The van der Waals surface area contributed by atoms with Crippen LogP contribution in [-0.2, 0) is 19.1 Å². The van der Waals surface area contributed by atoms with Crippen molar-refractivity contribution in [2.24, 2.45) is 5.92 Å². The fourth-order valence-corrected chi connectivity index (χ4v) is 5.67. The first-order chi connectivity index (χ1) is 18.9. The maximum atomic E-state index is 14.0. The Kier molecular flexibility index (Phi) is 5.50. The van der Waals surface area contributed by atoms with Gasteiger partial charge < -0.3 is 9.88 Å². The van der Waals surface area contributed by atoms with Crippen LogP contribution in [0.1, 0.15) is 41.9 Å². The van der Waals surface area contributed by atoms with Crippen molar-refractivity contribution >= 4 is 17.0 Å². The van der Waals surface area contributed by atoms with E-state index in [4.69, 9.17) is 4.98 Å². The average molecular weight is 529 g/mol. The van der Waals surface area contributed by atoms with Crippen molar-refractivity contribution < 1.29 is 13.2 Å². The quantitative estimate of drug-likeness (QED) is 0.335. The number of benzene rings is 2. The smallest absolute Gasteiger partial charge is 0.337 e. The monoisotopic (exact) mass is 528 g/mol. The SMILES string of the molecule is O=c1c2c(nc([C]3C=C3[C@H]3C=CCCC3)n1-c1ccccc1)CCN(c1nc3ccc(C(F)(F)F)cc3[nH]1)C2. The van der Waals surface area contributed by atoms with E-state index in [-0.39, 0.29) is 12.1 Å². The van der Waals surface area contributed by atoms with E-state index in [9.17, 15) is 18.0 Å².